The van der Waals surface area contributed by atoms with Gasteiger partial charge in [-0.15, -0.1) is 0 Å². The molecule has 0 aromatic heterocycles. The molecule has 3 saturated carbocycles. The van der Waals surface area contributed by atoms with Gasteiger partial charge in [-0.2, -0.15) is 0 Å². The number of carbonyl (C=O) groups is 3. The predicted octanol–water partition coefficient (Wildman–Crippen LogP) is 4.01. The number of halogens is 1. The maximum absolute atomic E-state index is 17.5. The lowest BCUT2D eigenvalue weighted by atomic mass is 9.43. The van der Waals surface area contributed by atoms with E-state index in [1.54, 1.807) is 57.2 Å². The molecular formula is C30H35FO6. The number of ketones is 2. The maximum Gasteiger partial charge on any atom is 0.339 e. The van der Waals surface area contributed by atoms with Crippen LogP contribution in [0, 0.1) is 34.5 Å². The summed E-state index contributed by atoms with van der Waals surface area (Å²) in [4.78, 5) is 39.0. The fraction of sp³-hybridized carbons (Fsp3) is 0.567. The third kappa shape index (κ3) is 3.19. The summed E-state index contributed by atoms with van der Waals surface area (Å²) in [5, 5.41) is 21.7. The van der Waals surface area contributed by atoms with Crippen LogP contribution in [0.4, 0.5) is 4.39 Å². The number of rotatable bonds is 4. The molecule has 0 spiro atoms. The van der Waals surface area contributed by atoms with Crippen molar-refractivity contribution in [3.05, 3.63) is 59.7 Å². The molecule has 3 fully saturated rings. The number of hydrogen-bond donors (Lipinski definition) is 2. The first-order valence-corrected chi connectivity index (χ1v) is 13.1. The number of aliphatic hydroxyl groups is 2. The zero-order valence-corrected chi connectivity index (χ0v) is 21.7. The van der Waals surface area contributed by atoms with Crippen LogP contribution in [0.5, 0.6) is 0 Å². The molecule has 37 heavy (non-hydrogen) atoms. The summed E-state index contributed by atoms with van der Waals surface area (Å²) in [5.41, 5.74) is -5.13. The Labute approximate surface area is 216 Å². The van der Waals surface area contributed by atoms with Crippen LogP contribution in [0.1, 0.15) is 57.3 Å². The first-order valence-electron chi connectivity index (χ1n) is 13.1. The number of allylic oxidation sites excluding steroid dienone is 4. The molecule has 3 unspecified atom stereocenters. The number of esters is 1. The van der Waals surface area contributed by atoms with Crippen LogP contribution in [0.2, 0.25) is 0 Å². The Morgan fingerprint density at radius 1 is 1.11 bits per heavy atom. The highest BCUT2D eigenvalue weighted by Gasteiger charge is 2.77. The predicted molar refractivity (Wildman–Crippen MR) is 134 cm³/mol. The van der Waals surface area contributed by atoms with Crippen molar-refractivity contribution in [2.45, 2.75) is 64.3 Å². The molecule has 7 heteroatoms. The van der Waals surface area contributed by atoms with Gasteiger partial charge in [0.1, 0.15) is 6.61 Å². The van der Waals surface area contributed by atoms with E-state index < -0.39 is 64.3 Å². The van der Waals surface area contributed by atoms with Crippen LogP contribution < -0.4 is 0 Å². The van der Waals surface area contributed by atoms with Crippen molar-refractivity contribution in [1.29, 1.82) is 0 Å². The van der Waals surface area contributed by atoms with Crippen molar-refractivity contribution >= 4 is 17.5 Å². The van der Waals surface area contributed by atoms with E-state index in [0.29, 0.717) is 18.4 Å². The van der Waals surface area contributed by atoms with E-state index in [1.165, 1.54) is 12.2 Å². The molecule has 4 aliphatic carbocycles. The van der Waals surface area contributed by atoms with Crippen LogP contribution >= 0.6 is 0 Å². The minimum Gasteiger partial charge on any atom is -0.446 e. The van der Waals surface area contributed by atoms with Crippen LogP contribution in [0.3, 0.4) is 0 Å². The molecule has 0 bridgehead atoms. The monoisotopic (exact) mass is 510 g/mol. The van der Waals surface area contributed by atoms with Crippen molar-refractivity contribution in [3.63, 3.8) is 0 Å². The average Bonchev–Trinajstić information content (AvgIpc) is 3.09. The number of alkyl halides is 1. The molecule has 0 heterocycles. The zero-order valence-electron chi connectivity index (χ0n) is 21.7. The molecule has 0 radical (unpaired) electrons. The fourth-order valence-electron chi connectivity index (χ4n) is 8.69. The Balaban J connectivity index is 1.63. The Hall–Kier alpha value is -2.64. The van der Waals surface area contributed by atoms with E-state index in [4.69, 9.17) is 4.74 Å². The van der Waals surface area contributed by atoms with Crippen molar-refractivity contribution in [3.8, 4) is 0 Å². The zero-order chi connectivity index (χ0) is 27.0. The summed E-state index contributed by atoms with van der Waals surface area (Å²) in [7, 11) is 0. The van der Waals surface area contributed by atoms with Crippen LogP contribution in [-0.4, -0.2) is 51.7 Å². The molecule has 1 aromatic rings. The Bertz CT molecular complexity index is 1210. The van der Waals surface area contributed by atoms with Gasteiger partial charge in [-0.25, -0.2) is 9.18 Å². The van der Waals surface area contributed by atoms with Crippen LogP contribution in [0.25, 0.3) is 0 Å². The minimum absolute atomic E-state index is 0.118. The SMILES string of the molecule is CC1C[C@H]2[C@@H]3CC(C)[C@](OC(=O)c4ccccc4)(C(=O)CO)[C@@]3(C)CC(O)[C@]2(F)[C@@]2(C)C=CC(=O)C=C12. The molecular weight excluding hydrogens is 475 g/mol. The summed E-state index contributed by atoms with van der Waals surface area (Å²) >= 11 is 0. The molecule has 0 saturated heterocycles. The molecule has 0 aliphatic heterocycles. The standard InChI is InChI=1S/C30H35FO6/c1-17-12-23-22-13-18(2)30(25(35)16-32,37-26(36)19-8-6-5-7-9-19)28(22,4)15-24(34)29(23,31)27(3)11-10-20(33)14-21(17)27/h5-11,14,17-18,22-24,32,34H,12-13,15-16H2,1-4H3/t17?,18?,22-,23-,24?,27-,28-,29-,30-/m0/s1. The average molecular weight is 511 g/mol. The maximum atomic E-state index is 17.5. The lowest BCUT2D eigenvalue weighted by molar-refractivity contribution is -0.223. The number of ether oxygens (including phenoxy) is 1. The highest BCUT2D eigenvalue weighted by Crippen LogP contribution is 2.72. The van der Waals surface area contributed by atoms with Crippen molar-refractivity contribution < 1.29 is 33.7 Å². The van der Waals surface area contributed by atoms with E-state index in [1.807, 2.05) is 6.92 Å². The molecule has 2 N–H and O–H groups in total. The third-order valence-corrected chi connectivity index (χ3v) is 10.3. The summed E-state index contributed by atoms with van der Waals surface area (Å²) in [5.74, 6) is -3.19. The molecule has 4 aliphatic rings. The van der Waals surface area contributed by atoms with Gasteiger partial charge in [0.2, 0.25) is 5.78 Å². The summed E-state index contributed by atoms with van der Waals surface area (Å²) < 4.78 is 23.6. The summed E-state index contributed by atoms with van der Waals surface area (Å²) in [6.45, 7) is 6.49. The number of fused-ring (bicyclic) bond motifs is 5. The van der Waals surface area contributed by atoms with E-state index >= 15 is 4.39 Å². The topological polar surface area (TPSA) is 101 Å². The summed E-state index contributed by atoms with van der Waals surface area (Å²) in [6.07, 6.45) is 3.65. The van der Waals surface area contributed by atoms with Gasteiger partial charge in [-0.05, 0) is 62.3 Å². The highest BCUT2D eigenvalue weighted by atomic mass is 19.1. The second-order valence-corrected chi connectivity index (χ2v) is 12.0. The van der Waals surface area contributed by atoms with Gasteiger partial charge >= 0.3 is 5.97 Å². The van der Waals surface area contributed by atoms with E-state index in [9.17, 15) is 24.6 Å². The smallest absolute Gasteiger partial charge is 0.339 e. The first-order chi connectivity index (χ1) is 17.4. The van der Waals surface area contributed by atoms with E-state index in [0.717, 1.165) is 0 Å². The second-order valence-electron chi connectivity index (χ2n) is 12.0. The van der Waals surface area contributed by atoms with E-state index in [2.05, 4.69) is 0 Å². The molecule has 5 rings (SSSR count). The quantitative estimate of drug-likeness (QED) is 0.594. The number of Topliss-reactive ketones (excluding diaryl/α,β-unsaturated/α-hetero) is 1. The molecule has 0 amide bonds. The Morgan fingerprint density at radius 3 is 2.43 bits per heavy atom. The van der Waals surface area contributed by atoms with Gasteiger partial charge in [0.15, 0.2) is 17.1 Å². The molecule has 6 nitrogen and oxygen atoms in total. The van der Waals surface area contributed by atoms with Crippen LogP contribution in [0.15, 0.2) is 54.1 Å². The summed E-state index contributed by atoms with van der Waals surface area (Å²) in [6, 6.07) is 8.34. The number of aliphatic hydroxyl groups excluding tert-OH is 2. The number of benzene rings is 1. The normalized spacial score (nSPS) is 44.4. The third-order valence-electron chi connectivity index (χ3n) is 10.3. The lowest BCUT2D eigenvalue weighted by Gasteiger charge is -2.63. The molecule has 198 valence electrons. The fourth-order valence-corrected chi connectivity index (χ4v) is 8.69. The van der Waals surface area contributed by atoms with Gasteiger partial charge in [0.25, 0.3) is 0 Å². The van der Waals surface area contributed by atoms with Gasteiger partial charge in [-0.3, -0.25) is 9.59 Å². The van der Waals surface area contributed by atoms with Crippen molar-refractivity contribution in [1.82, 2.24) is 0 Å². The minimum atomic E-state index is -2.08. The van der Waals surface area contributed by atoms with Crippen molar-refractivity contribution in [2.24, 2.45) is 34.5 Å². The Kier molecular flexibility index (Phi) is 5.92. The molecule has 9 atom stereocenters. The molecule has 1 aromatic carbocycles. The van der Waals surface area contributed by atoms with E-state index in [-0.39, 0.29) is 23.7 Å². The highest BCUT2D eigenvalue weighted by molar-refractivity contribution is 6.01. The first kappa shape index (κ1) is 26.0. The van der Waals surface area contributed by atoms with Gasteiger partial charge in [0, 0.05) is 22.7 Å². The lowest BCUT2D eigenvalue weighted by Crippen LogP contribution is -2.70. The van der Waals surface area contributed by atoms with Gasteiger partial charge in [0.05, 0.1) is 11.7 Å². The van der Waals surface area contributed by atoms with Crippen LogP contribution in [-0.2, 0) is 14.3 Å². The van der Waals surface area contributed by atoms with Gasteiger partial charge in [-0.1, -0.05) is 50.6 Å². The van der Waals surface area contributed by atoms with Gasteiger partial charge < -0.3 is 14.9 Å². The Morgan fingerprint density at radius 2 is 1.78 bits per heavy atom. The number of carbonyl (C=O) groups excluding carboxylic acids is 3. The van der Waals surface area contributed by atoms with Crippen molar-refractivity contribution in [2.75, 3.05) is 6.61 Å². The number of hydrogen-bond acceptors (Lipinski definition) is 6. The second kappa shape index (κ2) is 8.43. The largest absolute Gasteiger partial charge is 0.446 e.